The van der Waals surface area contributed by atoms with E-state index in [-0.39, 0.29) is 0 Å². The summed E-state index contributed by atoms with van der Waals surface area (Å²) in [6.45, 7) is 2.49. The molecular weight excluding hydrogens is 294 g/mol. The molecule has 2 aliphatic heterocycles. The maximum Gasteiger partial charge on any atom is 0.0356 e. The number of piperidine rings is 2. The quantitative estimate of drug-likeness (QED) is 0.730. The van der Waals surface area contributed by atoms with E-state index in [1.54, 1.807) is 5.57 Å². The van der Waals surface area contributed by atoms with Crippen LogP contribution in [0.1, 0.15) is 41.9 Å². The predicted molar refractivity (Wildman–Crippen MR) is 93.1 cm³/mol. The van der Waals surface area contributed by atoms with Crippen LogP contribution in [0.2, 0.25) is 0 Å². The number of nitrogens with zero attached hydrogens (tertiary/aromatic N) is 1. The van der Waals surface area contributed by atoms with Crippen LogP contribution >= 0.6 is 22.7 Å². The monoisotopic (exact) mass is 315 g/mol. The zero-order valence-electron chi connectivity index (χ0n) is 12.3. The summed E-state index contributed by atoms with van der Waals surface area (Å²) in [5.41, 5.74) is 3.20. The maximum absolute atomic E-state index is 2.74. The largest absolute Gasteiger partial charge is 0.296 e. The lowest BCUT2D eigenvalue weighted by atomic mass is 9.88. The standard InChI is InChI=1S/C18H21NS2/c1-2-10-19-13-14(8-9-15(19)5-1)18(16-6-3-11-20-16)17-7-4-12-21-17/h3-4,6-7,11-12,15H,1-2,5,8-10,13H2. The lowest BCUT2D eigenvalue weighted by Crippen LogP contribution is -2.43. The van der Waals surface area contributed by atoms with E-state index in [2.05, 4.69) is 39.9 Å². The highest BCUT2D eigenvalue weighted by molar-refractivity contribution is 7.13. The van der Waals surface area contributed by atoms with Crippen LogP contribution in [0.5, 0.6) is 0 Å². The van der Waals surface area contributed by atoms with Crippen molar-refractivity contribution in [2.75, 3.05) is 13.1 Å². The summed E-state index contributed by atoms with van der Waals surface area (Å²) in [6.07, 6.45) is 6.88. The van der Waals surface area contributed by atoms with Gasteiger partial charge in [-0.25, -0.2) is 0 Å². The fraction of sp³-hybridized carbons (Fsp3) is 0.444. The smallest absolute Gasteiger partial charge is 0.0356 e. The van der Waals surface area contributed by atoms with Crippen molar-refractivity contribution in [3.8, 4) is 0 Å². The van der Waals surface area contributed by atoms with E-state index in [4.69, 9.17) is 0 Å². The number of hydrogen-bond donors (Lipinski definition) is 0. The van der Waals surface area contributed by atoms with Crippen LogP contribution in [0.4, 0.5) is 0 Å². The van der Waals surface area contributed by atoms with Crippen LogP contribution in [-0.4, -0.2) is 24.0 Å². The first-order valence-corrected chi connectivity index (χ1v) is 9.71. The van der Waals surface area contributed by atoms with Gasteiger partial charge in [-0.1, -0.05) is 18.6 Å². The van der Waals surface area contributed by atoms with Crippen molar-refractivity contribution in [2.45, 2.75) is 38.1 Å². The summed E-state index contributed by atoms with van der Waals surface area (Å²) < 4.78 is 0. The molecule has 110 valence electrons. The third-order valence-corrected chi connectivity index (χ3v) is 6.59. The Morgan fingerprint density at radius 3 is 2.43 bits per heavy atom. The lowest BCUT2D eigenvalue weighted by molar-refractivity contribution is 0.133. The molecule has 1 nitrogen and oxygen atoms in total. The van der Waals surface area contributed by atoms with Gasteiger partial charge in [0.2, 0.25) is 0 Å². The van der Waals surface area contributed by atoms with Crippen molar-refractivity contribution >= 4 is 28.2 Å². The molecule has 0 aliphatic carbocycles. The highest BCUT2D eigenvalue weighted by Gasteiger charge is 2.29. The second-order valence-corrected chi connectivity index (χ2v) is 7.99. The van der Waals surface area contributed by atoms with E-state index < -0.39 is 0 Å². The highest BCUT2D eigenvalue weighted by Crippen LogP contribution is 2.38. The summed E-state index contributed by atoms with van der Waals surface area (Å²) in [6, 6.07) is 9.79. The molecule has 2 aromatic heterocycles. The molecule has 4 rings (SSSR count). The predicted octanol–water partition coefficient (Wildman–Crippen LogP) is 5.26. The first-order valence-electron chi connectivity index (χ1n) is 7.95. The molecule has 2 aliphatic rings. The Kier molecular flexibility index (Phi) is 3.97. The van der Waals surface area contributed by atoms with Gasteiger partial charge in [0.05, 0.1) is 0 Å². The molecule has 2 fully saturated rings. The van der Waals surface area contributed by atoms with E-state index in [9.17, 15) is 0 Å². The second kappa shape index (κ2) is 6.07. The fourth-order valence-electron chi connectivity index (χ4n) is 3.78. The van der Waals surface area contributed by atoms with Gasteiger partial charge < -0.3 is 0 Å². The summed E-state index contributed by atoms with van der Waals surface area (Å²) in [7, 11) is 0. The van der Waals surface area contributed by atoms with Crippen molar-refractivity contribution in [2.24, 2.45) is 0 Å². The molecule has 1 unspecified atom stereocenters. The van der Waals surface area contributed by atoms with Crippen molar-refractivity contribution in [3.63, 3.8) is 0 Å². The van der Waals surface area contributed by atoms with Crippen LogP contribution in [0.3, 0.4) is 0 Å². The lowest BCUT2D eigenvalue weighted by Gasteiger charge is -2.41. The minimum absolute atomic E-state index is 0.857. The van der Waals surface area contributed by atoms with Crippen LogP contribution in [0.25, 0.3) is 5.57 Å². The maximum atomic E-state index is 2.74. The Hall–Kier alpha value is -0.900. The number of thiophene rings is 2. The summed E-state index contributed by atoms with van der Waals surface area (Å²) in [5.74, 6) is 0. The minimum Gasteiger partial charge on any atom is -0.296 e. The summed E-state index contributed by atoms with van der Waals surface area (Å²) in [5, 5.41) is 4.41. The zero-order valence-corrected chi connectivity index (χ0v) is 13.9. The van der Waals surface area contributed by atoms with Gasteiger partial charge in [-0.2, -0.15) is 0 Å². The molecule has 4 heterocycles. The van der Waals surface area contributed by atoms with Gasteiger partial charge in [0.15, 0.2) is 0 Å². The Bertz CT molecular complexity index is 573. The van der Waals surface area contributed by atoms with Crippen LogP contribution in [0.15, 0.2) is 40.6 Å². The molecule has 0 bridgehead atoms. The van der Waals surface area contributed by atoms with Crippen LogP contribution < -0.4 is 0 Å². The van der Waals surface area contributed by atoms with E-state index in [0.717, 1.165) is 6.04 Å². The first kappa shape index (κ1) is 13.7. The molecule has 1 atom stereocenters. The average molecular weight is 316 g/mol. The summed E-state index contributed by atoms with van der Waals surface area (Å²) >= 11 is 3.77. The molecule has 21 heavy (non-hydrogen) atoms. The first-order chi connectivity index (χ1) is 10.4. The van der Waals surface area contributed by atoms with Gasteiger partial charge in [-0.3, -0.25) is 4.90 Å². The number of hydrogen-bond acceptors (Lipinski definition) is 3. The zero-order chi connectivity index (χ0) is 14.1. The molecule has 0 saturated carbocycles. The van der Waals surface area contributed by atoms with E-state index in [1.165, 1.54) is 60.5 Å². The molecule has 0 N–H and O–H groups in total. The van der Waals surface area contributed by atoms with Crippen molar-refractivity contribution in [1.29, 1.82) is 0 Å². The Balaban J connectivity index is 1.72. The molecule has 0 radical (unpaired) electrons. The fourth-order valence-corrected chi connectivity index (χ4v) is 5.51. The molecule has 0 aromatic carbocycles. The minimum atomic E-state index is 0.857. The summed E-state index contributed by atoms with van der Waals surface area (Å²) in [4.78, 5) is 5.63. The van der Waals surface area contributed by atoms with Crippen LogP contribution in [-0.2, 0) is 0 Å². The number of rotatable bonds is 2. The second-order valence-electron chi connectivity index (χ2n) is 6.09. The van der Waals surface area contributed by atoms with Gasteiger partial charge >= 0.3 is 0 Å². The number of fused-ring (bicyclic) bond motifs is 1. The van der Waals surface area contributed by atoms with Gasteiger partial charge in [-0.05, 0) is 60.7 Å². The molecule has 0 spiro atoms. The average Bonchev–Trinajstić information content (AvgIpc) is 3.21. The molecule has 0 amide bonds. The van der Waals surface area contributed by atoms with Gasteiger partial charge in [0.25, 0.3) is 0 Å². The normalized spacial score (nSPS) is 23.0. The molecule has 2 saturated heterocycles. The Morgan fingerprint density at radius 1 is 1.00 bits per heavy atom. The van der Waals surface area contributed by atoms with E-state index in [0.29, 0.717) is 0 Å². The van der Waals surface area contributed by atoms with E-state index in [1.807, 2.05) is 22.7 Å². The van der Waals surface area contributed by atoms with Gasteiger partial charge in [-0.15, -0.1) is 22.7 Å². The SMILES string of the molecule is c1csc(C(=C2CCC3CCCCN3C2)c2cccs2)c1. The van der Waals surface area contributed by atoms with E-state index >= 15 is 0 Å². The van der Waals surface area contributed by atoms with Crippen molar-refractivity contribution < 1.29 is 0 Å². The Morgan fingerprint density at radius 2 is 1.76 bits per heavy atom. The Labute approximate surface area is 134 Å². The molecule has 3 heteroatoms. The molecular formula is C18H21NS2. The molecule has 2 aromatic rings. The van der Waals surface area contributed by atoms with Crippen molar-refractivity contribution in [1.82, 2.24) is 4.90 Å². The van der Waals surface area contributed by atoms with Gasteiger partial charge in [0, 0.05) is 27.9 Å². The highest BCUT2D eigenvalue weighted by atomic mass is 32.1. The van der Waals surface area contributed by atoms with Crippen LogP contribution in [0, 0.1) is 0 Å². The van der Waals surface area contributed by atoms with Gasteiger partial charge in [0.1, 0.15) is 0 Å². The topological polar surface area (TPSA) is 3.24 Å². The third-order valence-electron chi connectivity index (χ3n) is 4.81. The van der Waals surface area contributed by atoms with Crippen molar-refractivity contribution in [3.05, 3.63) is 50.4 Å². The third kappa shape index (κ3) is 2.75.